The monoisotopic (exact) mass is 562 g/mol. The minimum absolute atomic E-state index is 0.0257. The first kappa shape index (κ1) is 26.7. The molecule has 2 heterocycles. The zero-order chi connectivity index (χ0) is 27.5. The molecule has 9 heteroatoms. The molecule has 1 aromatic heterocycles. The molecule has 1 amide bonds. The Kier molecular flexibility index (Phi) is 7.86. The van der Waals surface area contributed by atoms with Crippen molar-refractivity contribution in [3.63, 3.8) is 0 Å². The van der Waals surface area contributed by atoms with E-state index in [-0.39, 0.29) is 11.3 Å². The number of anilines is 1. The number of carbonyl (C=O) groups is 2. The van der Waals surface area contributed by atoms with Crippen LogP contribution in [0.2, 0.25) is 5.02 Å². The number of halogens is 1. The number of hydrogen-bond acceptors (Lipinski definition) is 7. The number of ether oxygens (including phenoxy) is 2. The van der Waals surface area contributed by atoms with Gasteiger partial charge in [0.05, 0.1) is 35.0 Å². The third kappa shape index (κ3) is 5.35. The predicted molar refractivity (Wildman–Crippen MR) is 154 cm³/mol. The standard InChI is InChI=1S/C30H27ClN2O5S/c1-3-5-15-38-21-8-6-7-19(16-21)26-25(27(34)18-9-11-20(31)12-10-18)28(35)29(36)33(26)30-32-23-14-13-22(37-4-2)17-24(23)39-30/h6-14,16-17,26,34H,3-5,15H2,1-2H3/b27-25+. The molecule has 1 saturated heterocycles. The van der Waals surface area contributed by atoms with Gasteiger partial charge in [0.1, 0.15) is 17.3 Å². The number of hydrogen-bond donors (Lipinski definition) is 1. The molecule has 0 saturated carbocycles. The lowest BCUT2D eigenvalue weighted by atomic mass is 9.95. The Hall–Kier alpha value is -3.88. The molecule has 1 aliphatic rings. The first-order valence-electron chi connectivity index (χ1n) is 12.7. The predicted octanol–water partition coefficient (Wildman–Crippen LogP) is 7.15. The van der Waals surface area contributed by atoms with Gasteiger partial charge < -0.3 is 14.6 Å². The topological polar surface area (TPSA) is 89.0 Å². The SMILES string of the molecule is CCCCOc1cccc(C2/C(=C(\O)c3ccc(Cl)cc3)C(=O)C(=O)N2c2nc3ccc(OCC)cc3s2)c1. The summed E-state index contributed by atoms with van der Waals surface area (Å²) in [5.74, 6) is -0.535. The van der Waals surface area contributed by atoms with Crippen molar-refractivity contribution in [2.75, 3.05) is 18.1 Å². The molecular weight excluding hydrogens is 536 g/mol. The van der Waals surface area contributed by atoms with E-state index in [0.29, 0.717) is 51.5 Å². The van der Waals surface area contributed by atoms with Crippen LogP contribution < -0.4 is 14.4 Å². The number of thiazole rings is 1. The lowest BCUT2D eigenvalue weighted by Crippen LogP contribution is -2.29. The number of carbonyl (C=O) groups excluding carboxylic acids is 2. The third-order valence-corrected chi connectivity index (χ3v) is 7.64. The number of aliphatic hydroxyl groups is 1. The number of benzene rings is 3. The van der Waals surface area contributed by atoms with Gasteiger partial charge in [0.15, 0.2) is 5.13 Å². The van der Waals surface area contributed by atoms with Gasteiger partial charge in [-0.15, -0.1) is 0 Å². The highest BCUT2D eigenvalue weighted by Gasteiger charge is 2.48. The van der Waals surface area contributed by atoms with Gasteiger partial charge in [-0.05, 0) is 73.5 Å². The van der Waals surface area contributed by atoms with Crippen LogP contribution >= 0.6 is 22.9 Å². The second kappa shape index (κ2) is 11.5. The summed E-state index contributed by atoms with van der Waals surface area (Å²) in [6.45, 7) is 5.06. The second-order valence-electron chi connectivity index (χ2n) is 9.01. The van der Waals surface area contributed by atoms with Gasteiger partial charge in [0.25, 0.3) is 5.78 Å². The number of unbranched alkanes of at least 4 members (excludes halogenated alkanes) is 1. The van der Waals surface area contributed by atoms with Crippen LogP contribution in [0.4, 0.5) is 5.13 Å². The first-order chi connectivity index (χ1) is 18.9. The van der Waals surface area contributed by atoms with Gasteiger partial charge in [0.2, 0.25) is 0 Å². The van der Waals surface area contributed by atoms with Gasteiger partial charge in [-0.25, -0.2) is 4.98 Å². The van der Waals surface area contributed by atoms with Crippen LogP contribution in [-0.4, -0.2) is 35.0 Å². The molecule has 5 rings (SSSR count). The zero-order valence-corrected chi connectivity index (χ0v) is 23.1. The number of amides is 1. The van der Waals surface area contributed by atoms with E-state index in [1.54, 1.807) is 30.3 Å². The Morgan fingerprint density at radius 3 is 2.54 bits per heavy atom. The maximum Gasteiger partial charge on any atom is 0.301 e. The summed E-state index contributed by atoms with van der Waals surface area (Å²) in [6, 6.07) is 18.3. The summed E-state index contributed by atoms with van der Waals surface area (Å²) < 4.78 is 12.3. The van der Waals surface area contributed by atoms with E-state index < -0.39 is 17.7 Å². The number of nitrogens with zero attached hydrogens (tertiary/aromatic N) is 2. The minimum atomic E-state index is -0.915. The highest BCUT2D eigenvalue weighted by molar-refractivity contribution is 7.22. The smallest absolute Gasteiger partial charge is 0.301 e. The zero-order valence-electron chi connectivity index (χ0n) is 21.5. The normalized spacial score (nSPS) is 16.7. The quantitative estimate of drug-likeness (QED) is 0.101. The molecular formula is C30H27ClN2O5S. The summed E-state index contributed by atoms with van der Waals surface area (Å²) in [5.41, 5.74) is 1.65. The minimum Gasteiger partial charge on any atom is -0.507 e. The summed E-state index contributed by atoms with van der Waals surface area (Å²) in [6.07, 6.45) is 1.89. The van der Waals surface area contributed by atoms with Gasteiger partial charge >= 0.3 is 5.91 Å². The van der Waals surface area contributed by atoms with Crippen molar-refractivity contribution in [3.05, 3.63) is 88.5 Å². The van der Waals surface area contributed by atoms with E-state index in [9.17, 15) is 14.7 Å². The number of Topliss-reactive ketones (excluding diaryl/α,β-unsaturated/α-hetero) is 1. The van der Waals surface area contributed by atoms with Gasteiger partial charge in [-0.2, -0.15) is 0 Å². The van der Waals surface area contributed by atoms with Crippen LogP contribution in [0.25, 0.3) is 16.0 Å². The third-order valence-electron chi connectivity index (χ3n) is 6.37. The second-order valence-corrected chi connectivity index (χ2v) is 10.5. The maximum absolute atomic E-state index is 13.6. The fourth-order valence-corrected chi connectivity index (χ4v) is 5.62. The van der Waals surface area contributed by atoms with Crippen molar-refractivity contribution < 1.29 is 24.2 Å². The largest absolute Gasteiger partial charge is 0.507 e. The maximum atomic E-state index is 13.6. The van der Waals surface area contributed by atoms with Crippen molar-refractivity contribution in [1.82, 2.24) is 4.98 Å². The summed E-state index contributed by atoms with van der Waals surface area (Å²) in [4.78, 5) is 33.1. The Morgan fingerprint density at radius 2 is 1.79 bits per heavy atom. The molecule has 1 atom stereocenters. The van der Waals surface area contributed by atoms with Gasteiger partial charge in [-0.1, -0.05) is 48.4 Å². The number of fused-ring (bicyclic) bond motifs is 1. The molecule has 1 N–H and O–H groups in total. The van der Waals surface area contributed by atoms with E-state index in [1.807, 2.05) is 43.3 Å². The molecule has 0 aliphatic carbocycles. The van der Waals surface area contributed by atoms with Crippen LogP contribution in [0.1, 0.15) is 43.9 Å². The van der Waals surface area contributed by atoms with Crippen LogP contribution in [0.5, 0.6) is 11.5 Å². The number of ketones is 1. The summed E-state index contributed by atoms with van der Waals surface area (Å²) in [5, 5.41) is 12.2. The lowest BCUT2D eigenvalue weighted by Gasteiger charge is -2.23. The summed E-state index contributed by atoms with van der Waals surface area (Å²) in [7, 11) is 0. The first-order valence-corrected chi connectivity index (χ1v) is 13.9. The fraction of sp³-hybridized carbons (Fsp3) is 0.233. The van der Waals surface area contributed by atoms with E-state index >= 15 is 0 Å². The fourth-order valence-electron chi connectivity index (χ4n) is 4.47. The molecule has 0 spiro atoms. The van der Waals surface area contributed by atoms with E-state index in [1.165, 1.54) is 16.2 Å². The van der Waals surface area contributed by atoms with Crippen molar-refractivity contribution in [2.24, 2.45) is 0 Å². The Morgan fingerprint density at radius 1 is 1.03 bits per heavy atom. The van der Waals surface area contributed by atoms with E-state index in [2.05, 4.69) is 11.9 Å². The molecule has 4 aromatic rings. The average molecular weight is 563 g/mol. The number of rotatable bonds is 9. The van der Waals surface area contributed by atoms with Gasteiger partial charge in [-0.3, -0.25) is 14.5 Å². The number of aliphatic hydroxyl groups excluding tert-OH is 1. The van der Waals surface area contributed by atoms with Crippen LogP contribution in [0.15, 0.2) is 72.3 Å². The molecule has 3 aromatic carbocycles. The molecule has 7 nitrogen and oxygen atoms in total. The lowest BCUT2D eigenvalue weighted by molar-refractivity contribution is -0.132. The van der Waals surface area contributed by atoms with Gasteiger partial charge in [0, 0.05) is 10.6 Å². The molecule has 39 heavy (non-hydrogen) atoms. The molecule has 1 aliphatic heterocycles. The highest BCUT2D eigenvalue weighted by Crippen LogP contribution is 2.45. The van der Waals surface area contributed by atoms with E-state index in [0.717, 1.165) is 17.5 Å². The molecule has 0 radical (unpaired) electrons. The average Bonchev–Trinajstić information content (AvgIpc) is 3.47. The van der Waals surface area contributed by atoms with Crippen molar-refractivity contribution in [1.29, 1.82) is 0 Å². The highest BCUT2D eigenvalue weighted by atomic mass is 35.5. The molecule has 200 valence electrons. The number of aromatic nitrogens is 1. The van der Waals surface area contributed by atoms with Crippen LogP contribution in [0, 0.1) is 0 Å². The van der Waals surface area contributed by atoms with Crippen LogP contribution in [-0.2, 0) is 9.59 Å². The molecule has 1 fully saturated rings. The molecule has 1 unspecified atom stereocenters. The Balaban J connectivity index is 1.65. The summed E-state index contributed by atoms with van der Waals surface area (Å²) >= 11 is 7.32. The van der Waals surface area contributed by atoms with Crippen LogP contribution in [0.3, 0.4) is 0 Å². The molecule has 0 bridgehead atoms. The van der Waals surface area contributed by atoms with Crippen molar-refractivity contribution in [2.45, 2.75) is 32.7 Å². The van der Waals surface area contributed by atoms with E-state index in [4.69, 9.17) is 21.1 Å². The Bertz CT molecular complexity index is 1560. The van der Waals surface area contributed by atoms with Crippen molar-refractivity contribution >= 4 is 55.7 Å². The van der Waals surface area contributed by atoms with Crippen molar-refractivity contribution in [3.8, 4) is 11.5 Å². The Labute approximate surface area is 235 Å².